The van der Waals surface area contributed by atoms with Crippen LogP contribution in [0.15, 0.2) is 11.0 Å². The number of carboxylic acids is 1. The van der Waals surface area contributed by atoms with Crippen molar-refractivity contribution in [3.05, 3.63) is 21.7 Å². The molecule has 0 bridgehead atoms. The summed E-state index contributed by atoms with van der Waals surface area (Å²) in [5.41, 5.74) is 1.38. The highest BCUT2D eigenvalue weighted by Crippen LogP contribution is 2.14. The largest absolute Gasteiger partial charge is 0.481 e. The number of aliphatic hydroxyl groups excluding tert-OH is 1. The molecule has 1 aromatic rings. The highest BCUT2D eigenvalue weighted by Gasteiger charge is 2.11. The number of aliphatic hydroxyl groups is 1. The molecule has 1 aromatic heterocycles. The lowest BCUT2D eigenvalue weighted by molar-refractivity contribution is -0.138. The van der Waals surface area contributed by atoms with Gasteiger partial charge in [0, 0.05) is 5.38 Å². The Kier molecular flexibility index (Phi) is 3.99. The summed E-state index contributed by atoms with van der Waals surface area (Å²) < 4.78 is 0. The Bertz CT molecular complexity index is 384. The monoisotopic (exact) mass is 227 g/mol. The Morgan fingerprint density at radius 2 is 2.40 bits per heavy atom. The van der Waals surface area contributed by atoms with Gasteiger partial charge >= 0.3 is 5.97 Å². The lowest BCUT2D eigenvalue weighted by atomic mass is 10.1. The van der Waals surface area contributed by atoms with Crippen LogP contribution >= 0.6 is 11.3 Å². The second-order valence-electron chi connectivity index (χ2n) is 3.29. The van der Waals surface area contributed by atoms with Crippen LogP contribution in [0.1, 0.15) is 24.0 Å². The molecule has 0 amide bonds. The average molecular weight is 227 g/mol. The third-order valence-corrected chi connectivity index (χ3v) is 2.70. The van der Waals surface area contributed by atoms with Crippen LogP contribution in [0.4, 0.5) is 0 Å². The molecule has 0 aliphatic carbocycles. The van der Waals surface area contributed by atoms with E-state index in [1.165, 1.54) is 11.3 Å². The molecular formula is C10H13NO3S. The Labute approximate surface area is 91.9 Å². The van der Waals surface area contributed by atoms with E-state index in [0.29, 0.717) is 5.57 Å². The molecule has 2 N–H and O–H groups in total. The Morgan fingerprint density at radius 1 is 1.73 bits per heavy atom. The van der Waals surface area contributed by atoms with E-state index in [1.54, 1.807) is 13.0 Å². The molecule has 0 unspecified atom stereocenters. The number of thiazole rings is 1. The second kappa shape index (κ2) is 5.04. The van der Waals surface area contributed by atoms with Gasteiger partial charge in [0.2, 0.25) is 0 Å². The predicted octanol–water partition coefficient (Wildman–Crippen LogP) is 1.69. The minimum atomic E-state index is -1.01. The average Bonchev–Trinajstić information content (AvgIpc) is 2.50. The highest BCUT2D eigenvalue weighted by molar-refractivity contribution is 7.09. The summed E-state index contributed by atoms with van der Waals surface area (Å²) >= 11 is 1.52. The molecular weight excluding hydrogens is 214 g/mol. The molecule has 0 aliphatic rings. The first-order valence-corrected chi connectivity index (χ1v) is 5.37. The van der Waals surface area contributed by atoms with E-state index in [1.807, 2.05) is 12.3 Å². The van der Waals surface area contributed by atoms with Gasteiger partial charge in [0.25, 0.3) is 0 Å². The summed E-state index contributed by atoms with van der Waals surface area (Å²) in [6, 6.07) is 0. The van der Waals surface area contributed by atoms with Crippen LogP contribution in [-0.4, -0.2) is 27.3 Å². The van der Waals surface area contributed by atoms with E-state index in [-0.39, 0.29) is 6.42 Å². The quantitative estimate of drug-likeness (QED) is 0.821. The summed E-state index contributed by atoms with van der Waals surface area (Å²) in [6.45, 7) is 3.59. The zero-order valence-electron chi connectivity index (χ0n) is 8.60. The topological polar surface area (TPSA) is 70.4 Å². The number of aryl methyl sites for hydroxylation is 1. The summed E-state index contributed by atoms with van der Waals surface area (Å²) in [6.07, 6.45) is 0.493. The molecule has 1 heterocycles. The first-order chi connectivity index (χ1) is 6.99. The highest BCUT2D eigenvalue weighted by atomic mass is 32.1. The number of aliphatic carboxylic acids is 1. The van der Waals surface area contributed by atoms with Crippen LogP contribution in [0, 0.1) is 6.92 Å². The number of nitrogens with zero attached hydrogens (tertiary/aromatic N) is 1. The molecule has 1 atom stereocenters. The fourth-order valence-electron chi connectivity index (χ4n) is 1.10. The van der Waals surface area contributed by atoms with Gasteiger partial charge in [-0.15, -0.1) is 11.3 Å². The molecule has 0 aliphatic heterocycles. The molecule has 82 valence electrons. The maximum Gasteiger partial charge on any atom is 0.306 e. The van der Waals surface area contributed by atoms with E-state index in [4.69, 9.17) is 5.11 Å². The predicted molar refractivity (Wildman–Crippen MR) is 58.8 cm³/mol. The van der Waals surface area contributed by atoms with E-state index >= 15 is 0 Å². The molecule has 0 radical (unpaired) electrons. The Hall–Kier alpha value is -1.20. The van der Waals surface area contributed by atoms with Crippen molar-refractivity contribution in [2.75, 3.05) is 0 Å². The summed E-state index contributed by atoms with van der Waals surface area (Å²) in [5, 5.41) is 20.8. The zero-order chi connectivity index (χ0) is 11.4. The van der Waals surface area contributed by atoms with Gasteiger partial charge in [-0.2, -0.15) is 0 Å². The van der Waals surface area contributed by atoms with Crippen molar-refractivity contribution in [1.29, 1.82) is 0 Å². The number of hydrogen-bond donors (Lipinski definition) is 2. The van der Waals surface area contributed by atoms with Crippen LogP contribution in [0.3, 0.4) is 0 Å². The Balaban J connectivity index is 2.70. The molecule has 0 aromatic carbocycles. The van der Waals surface area contributed by atoms with Crippen molar-refractivity contribution in [1.82, 2.24) is 4.98 Å². The van der Waals surface area contributed by atoms with Crippen molar-refractivity contribution in [3.8, 4) is 0 Å². The number of rotatable bonds is 4. The van der Waals surface area contributed by atoms with E-state index in [9.17, 15) is 9.90 Å². The van der Waals surface area contributed by atoms with Crippen molar-refractivity contribution in [3.63, 3.8) is 0 Å². The van der Waals surface area contributed by atoms with Crippen molar-refractivity contribution < 1.29 is 15.0 Å². The molecule has 0 saturated carbocycles. The fourth-order valence-corrected chi connectivity index (χ4v) is 1.67. The van der Waals surface area contributed by atoms with Gasteiger partial charge in [0.15, 0.2) is 0 Å². The van der Waals surface area contributed by atoms with E-state index in [0.717, 1.165) is 10.7 Å². The standard InChI is InChI=1S/C10H13NO3S/c1-6(9(12)4-10(13)14)3-8-5-15-7(2)11-8/h3,5,9,12H,4H2,1-2H3,(H,13,14)/b6-3+/t9-/m0/s1. The third kappa shape index (κ3) is 3.81. The SMILES string of the molecule is C/C(=C\c1csc(C)n1)[C@@H](O)CC(=O)O. The van der Waals surface area contributed by atoms with Gasteiger partial charge in [-0.1, -0.05) is 0 Å². The molecule has 0 fully saturated rings. The van der Waals surface area contributed by atoms with Gasteiger partial charge in [0.1, 0.15) is 0 Å². The summed E-state index contributed by atoms with van der Waals surface area (Å²) in [4.78, 5) is 14.6. The minimum Gasteiger partial charge on any atom is -0.481 e. The van der Waals surface area contributed by atoms with Gasteiger partial charge in [-0.3, -0.25) is 4.79 Å². The van der Waals surface area contributed by atoms with Crippen molar-refractivity contribution in [2.24, 2.45) is 0 Å². The zero-order valence-corrected chi connectivity index (χ0v) is 9.41. The van der Waals surface area contributed by atoms with Crippen LogP contribution < -0.4 is 0 Å². The number of carboxylic acid groups (broad SMARTS) is 1. The van der Waals surface area contributed by atoms with Crippen molar-refractivity contribution >= 4 is 23.4 Å². The lowest BCUT2D eigenvalue weighted by Gasteiger charge is -2.07. The summed E-state index contributed by atoms with van der Waals surface area (Å²) in [5.74, 6) is -1.01. The molecule has 0 spiro atoms. The van der Waals surface area contributed by atoms with Gasteiger partial charge in [-0.05, 0) is 25.5 Å². The molecule has 15 heavy (non-hydrogen) atoms. The van der Waals surface area contributed by atoms with E-state index < -0.39 is 12.1 Å². The molecule has 5 heteroatoms. The summed E-state index contributed by atoms with van der Waals surface area (Å²) in [7, 11) is 0. The lowest BCUT2D eigenvalue weighted by Crippen LogP contribution is -2.13. The maximum atomic E-state index is 10.4. The van der Waals surface area contributed by atoms with Crippen LogP contribution in [0.5, 0.6) is 0 Å². The van der Waals surface area contributed by atoms with Crippen LogP contribution in [0.25, 0.3) is 6.08 Å². The first-order valence-electron chi connectivity index (χ1n) is 4.49. The van der Waals surface area contributed by atoms with E-state index in [2.05, 4.69) is 4.98 Å². The van der Waals surface area contributed by atoms with Crippen LogP contribution in [0.2, 0.25) is 0 Å². The van der Waals surface area contributed by atoms with Crippen LogP contribution in [-0.2, 0) is 4.79 Å². The smallest absolute Gasteiger partial charge is 0.306 e. The third-order valence-electron chi connectivity index (χ3n) is 1.91. The molecule has 0 saturated heterocycles. The number of carbonyl (C=O) groups is 1. The number of aromatic nitrogens is 1. The maximum absolute atomic E-state index is 10.4. The van der Waals surface area contributed by atoms with Gasteiger partial charge < -0.3 is 10.2 Å². The number of hydrogen-bond acceptors (Lipinski definition) is 4. The van der Waals surface area contributed by atoms with Crippen molar-refractivity contribution in [2.45, 2.75) is 26.4 Å². The first kappa shape index (κ1) is 11.9. The molecule has 1 rings (SSSR count). The fraction of sp³-hybridized carbons (Fsp3) is 0.400. The second-order valence-corrected chi connectivity index (χ2v) is 4.36. The van der Waals surface area contributed by atoms with Gasteiger partial charge in [0.05, 0.1) is 23.2 Å². The normalized spacial score (nSPS) is 13.9. The molecule has 4 nitrogen and oxygen atoms in total. The van der Waals surface area contributed by atoms with Gasteiger partial charge in [-0.25, -0.2) is 4.98 Å². The Morgan fingerprint density at radius 3 is 2.87 bits per heavy atom. The minimum absolute atomic E-state index is 0.272.